The summed E-state index contributed by atoms with van der Waals surface area (Å²) in [6.07, 6.45) is 1.20. The van der Waals surface area contributed by atoms with E-state index in [-0.39, 0.29) is 11.9 Å². The van der Waals surface area contributed by atoms with Gasteiger partial charge in [-0.05, 0) is 31.0 Å². The van der Waals surface area contributed by atoms with Crippen LogP contribution in [-0.2, 0) is 24.1 Å². The Morgan fingerprint density at radius 2 is 2.13 bits per heavy atom. The molecule has 23 heavy (non-hydrogen) atoms. The van der Waals surface area contributed by atoms with Gasteiger partial charge in [-0.25, -0.2) is 9.18 Å². The highest BCUT2D eigenvalue weighted by molar-refractivity contribution is 5.90. The number of hydrogen-bond donors (Lipinski definition) is 1. The van der Waals surface area contributed by atoms with Gasteiger partial charge in [0, 0.05) is 12.5 Å². The predicted molar refractivity (Wildman–Crippen MR) is 85.8 cm³/mol. The molecule has 0 saturated carbocycles. The Hall–Kier alpha value is -2.14. The molecule has 0 saturated heterocycles. The minimum atomic E-state index is -0.392. The number of benzene rings is 1. The zero-order valence-electron chi connectivity index (χ0n) is 13.7. The maximum absolute atomic E-state index is 13.6. The Bertz CT molecular complexity index is 666. The lowest BCUT2D eigenvalue weighted by Crippen LogP contribution is -2.27. The molecular formula is C18H22FNO3. The molecular weight excluding hydrogens is 297 g/mol. The van der Waals surface area contributed by atoms with Crippen LogP contribution in [0, 0.1) is 5.82 Å². The highest BCUT2D eigenvalue weighted by Gasteiger charge is 2.17. The number of carbonyl (C=O) groups excluding carboxylic acids is 1. The SMILES string of the molecule is CCc1oc(CNC(C)Cc2ccccc2F)cc1C(=O)OC. The van der Waals surface area contributed by atoms with Crippen LogP contribution in [0.25, 0.3) is 0 Å². The lowest BCUT2D eigenvalue weighted by molar-refractivity contribution is 0.0598. The Kier molecular flexibility index (Phi) is 5.93. The highest BCUT2D eigenvalue weighted by atomic mass is 19.1. The summed E-state index contributed by atoms with van der Waals surface area (Å²) in [4.78, 5) is 11.7. The second-order valence-electron chi connectivity index (χ2n) is 5.47. The molecule has 1 N–H and O–H groups in total. The third-order valence-corrected chi connectivity index (χ3v) is 3.70. The molecule has 2 rings (SSSR count). The van der Waals surface area contributed by atoms with Gasteiger partial charge in [0.05, 0.1) is 13.7 Å². The number of methoxy groups -OCH3 is 1. The number of aryl methyl sites for hydroxylation is 1. The molecule has 0 aliphatic rings. The van der Waals surface area contributed by atoms with Crippen molar-refractivity contribution in [3.05, 3.63) is 58.8 Å². The Morgan fingerprint density at radius 3 is 2.78 bits per heavy atom. The van der Waals surface area contributed by atoms with E-state index < -0.39 is 5.97 Å². The summed E-state index contributed by atoms with van der Waals surface area (Å²) in [5, 5.41) is 3.28. The van der Waals surface area contributed by atoms with Crippen LogP contribution in [0.15, 0.2) is 34.7 Å². The van der Waals surface area contributed by atoms with E-state index in [1.54, 1.807) is 18.2 Å². The van der Waals surface area contributed by atoms with Crippen molar-refractivity contribution in [3.63, 3.8) is 0 Å². The van der Waals surface area contributed by atoms with Crippen molar-refractivity contribution in [2.45, 2.75) is 39.3 Å². The van der Waals surface area contributed by atoms with Gasteiger partial charge in [-0.1, -0.05) is 25.1 Å². The van der Waals surface area contributed by atoms with Crippen molar-refractivity contribution in [1.29, 1.82) is 0 Å². The van der Waals surface area contributed by atoms with Crippen molar-refractivity contribution >= 4 is 5.97 Å². The summed E-state index contributed by atoms with van der Waals surface area (Å²) in [6.45, 7) is 4.38. The molecule has 0 spiro atoms. The van der Waals surface area contributed by atoms with Gasteiger partial charge in [-0.3, -0.25) is 0 Å². The quantitative estimate of drug-likeness (QED) is 0.794. The lowest BCUT2D eigenvalue weighted by Gasteiger charge is -2.13. The Balaban J connectivity index is 1.96. The standard InChI is InChI=1S/C18H22FNO3/c1-4-17-15(18(21)22-3)10-14(23-17)11-20-12(2)9-13-7-5-6-8-16(13)19/h5-8,10,12,20H,4,9,11H2,1-3H3. The minimum Gasteiger partial charge on any atom is -0.465 e. The number of esters is 1. The van der Waals surface area contributed by atoms with Crippen LogP contribution >= 0.6 is 0 Å². The van der Waals surface area contributed by atoms with Crippen molar-refractivity contribution in [2.24, 2.45) is 0 Å². The fourth-order valence-electron chi connectivity index (χ4n) is 2.46. The number of furan rings is 1. The summed E-state index contributed by atoms with van der Waals surface area (Å²) >= 11 is 0. The van der Waals surface area contributed by atoms with E-state index in [2.05, 4.69) is 5.32 Å². The smallest absolute Gasteiger partial charge is 0.341 e. The molecule has 0 aliphatic carbocycles. The van der Waals surface area contributed by atoms with E-state index in [0.717, 1.165) is 0 Å². The number of ether oxygens (including phenoxy) is 1. The largest absolute Gasteiger partial charge is 0.465 e. The Labute approximate surface area is 135 Å². The third kappa shape index (κ3) is 4.42. The molecule has 1 unspecified atom stereocenters. The second kappa shape index (κ2) is 7.92. The molecule has 0 bridgehead atoms. The fourth-order valence-corrected chi connectivity index (χ4v) is 2.46. The first-order valence-electron chi connectivity index (χ1n) is 7.71. The second-order valence-corrected chi connectivity index (χ2v) is 5.47. The van der Waals surface area contributed by atoms with E-state index in [0.29, 0.717) is 42.0 Å². The minimum absolute atomic E-state index is 0.0728. The van der Waals surface area contributed by atoms with Crippen LogP contribution in [0.3, 0.4) is 0 Å². The van der Waals surface area contributed by atoms with Gasteiger partial charge in [0.15, 0.2) is 0 Å². The third-order valence-electron chi connectivity index (χ3n) is 3.70. The number of rotatable bonds is 7. The number of nitrogens with one attached hydrogen (secondary N) is 1. The molecule has 0 fully saturated rings. The van der Waals surface area contributed by atoms with Crippen LogP contribution in [-0.4, -0.2) is 19.1 Å². The monoisotopic (exact) mass is 319 g/mol. The highest BCUT2D eigenvalue weighted by Crippen LogP contribution is 2.18. The van der Waals surface area contributed by atoms with Crippen molar-refractivity contribution < 1.29 is 18.3 Å². The summed E-state index contributed by atoms with van der Waals surface area (Å²) in [7, 11) is 1.35. The van der Waals surface area contributed by atoms with Gasteiger partial charge < -0.3 is 14.5 Å². The van der Waals surface area contributed by atoms with Crippen LogP contribution < -0.4 is 5.32 Å². The summed E-state index contributed by atoms with van der Waals surface area (Å²) in [5.41, 5.74) is 1.14. The maximum atomic E-state index is 13.6. The van der Waals surface area contributed by atoms with Gasteiger partial charge in [-0.2, -0.15) is 0 Å². The van der Waals surface area contributed by atoms with E-state index in [9.17, 15) is 9.18 Å². The average molecular weight is 319 g/mol. The maximum Gasteiger partial charge on any atom is 0.341 e. The van der Waals surface area contributed by atoms with Crippen molar-refractivity contribution in [2.75, 3.05) is 7.11 Å². The van der Waals surface area contributed by atoms with Crippen LogP contribution in [0.2, 0.25) is 0 Å². The van der Waals surface area contributed by atoms with E-state index in [1.165, 1.54) is 13.2 Å². The average Bonchev–Trinajstić information content (AvgIpc) is 2.98. The molecule has 4 nitrogen and oxygen atoms in total. The molecule has 5 heteroatoms. The van der Waals surface area contributed by atoms with Gasteiger partial charge in [0.1, 0.15) is 22.9 Å². The lowest BCUT2D eigenvalue weighted by atomic mass is 10.1. The first kappa shape index (κ1) is 17.2. The zero-order valence-corrected chi connectivity index (χ0v) is 13.7. The molecule has 1 atom stereocenters. The molecule has 124 valence electrons. The van der Waals surface area contributed by atoms with E-state index >= 15 is 0 Å². The molecule has 1 aromatic carbocycles. The first-order valence-corrected chi connectivity index (χ1v) is 7.71. The molecule has 0 aliphatic heterocycles. The first-order chi connectivity index (χ1) is 11.0. The molecule has 2 aromatic rings. The van der Waals surface area contributed by atoms with Crippen LogP contribution in [0.5, 0.6) is 0 Å². The topological polar surface area (TPSA) is 51.5 Å². The van der Waals surface area contributed by atoms with E-state index in [4.69, 9.17) is 9.15 Å². The number of halogens is 1. The van der Waals surface area contributed by atoms with Gasteiger partial charge in [0.25, 0.3) is 0 Å². The zero-order chi connectivity index (χ0) is 16.8. The van der Waals surface area contributed by atoms with Gasteiger partial charge in [-0.15, -0.1) is 0 Å². The van der Waals surface area contributed by atoms with Gasteiger partial charge >= 0.3 is 5.97 Å². The fraction of sp³-hybridized carbons (Fsp3) is 0.389. The molecule has 0 amide bonds. The van der Waals surface area contributed by atoms with Crippen LogP contribution in [0.1, 0.15) is 41.3 Å². The Morgan fingerprint density at radius 1 is 1.39 bits per heavy atom. The summed E-state index contributed by atoms with van der Waals surface area (Å²) in [5.74, 6) is 0.703. The summed E-state index contributed by atoms with van der Waals surface area (Å²) in [6, 6.07) is 8.53. The van der Waals surface area contributed by atoms with Crippen molar-refractivity contribution in [1.82, 2.24) is 5.32 Å². The van der Waals surface area contributed by atoms with Crippen LogP contribution in [0.4, 0.5) is 4.39 Å². The van der Waals surface area contributed by atoms with Gasteiger partial charge in [0.2, 0.25) is 0 Å². The molecule has 0 radical (unpaired) electrons. The van der Waals surface area contributed by atoms with E-state index in [1.807, 2.05) is 19.9 Å². The number of carbonyl (C=O) groups is 1. The predicted octanol–water partition coefficient (Wildman–Crippen LogP) is 3.49. The molecule has 1 heterocycles. The normalized spacial score (nSPS) is 12.2. The summed E-state index contributed by atoms with van der Waals surface area (Å²) < 4.78 is 24.1. The van der Waals surface area contributed by atoms with Crippen molar-refractivity contribution in [3.8, 4) is 0 Å². The number of hydrogen-bond acceptors (Lipinski definition) is 4. The molecule has 1 aromatic heterocycles.